The number of carbonyl (C=O) groups is 1. The number of fused-ring (bicyclic) bond motifs is 1. The van der Waals surface area contributed by atoms with E-state index in [1.807, 2.05) is 42.2 Å². The van der Waals surface area contributed by atoms with E-state index < -0.39 is 6.10 Å². The zero-order chi connectivity index (χ0) is 31.4. The summed E-state index contributed by atoms with van der Waals surface area (Å²) in [5.74, 6) is 0.886. The van der Waals surface area contributed by atoms with Gasteiger partial charge in [-0.2, -0.15) is 5.10 Å². The molecule has 2 aliphatic rings. The predicted molar refractivity (Wildman–Crippen MR) is 171 cm³/mol. The Morgan fingerprint density at radius 1 is 1.18 bits per heavy atom. The number of morpholine rings is 1. The van der Waals surface area contributed by atoms with Crippen LogP contribution in [-0.4, -0.2) is 98.8 Å². The molecule has 0 bridgehead atoms. The quantitative estimate of drug-likeness (QED) is 0.195. The van der Waals surface area contributed by atoms with Gasteiger partial charge in [-0.25, -0.2) is 0 Å². The average molecular weight is 637 g/mol. The maximum absolute atomic E-state index is 12.9. The number of benzene rings is 2. The number of aryl methyl sites for hydroxylation is 1. The number of aliphatic hydroxyl groups excluding tert-OH is 1. The van der Waals surface area contributed by atoms with Gasteiger partial charge in [0.1, 0.15) is 30.2 Å². The number of amides is 1. The minimum atomic E-state index is -0.824. The number of aromatic amines is 1. The van der Waals surface area contributed by atoms with Gasteiger partial charge in [0.15, 0.2) is 0 Å². The number of piperidine rings is 1. The number of hydrogen-bond donors (Lipinski definition) is 4. The molecule has 1 unspecified atom stereocenters. The third kappa shape index (κ3) is 7.39. The first-order valence-electron chi connectivity index (χ1n) is 15.4. The fourth-order valence-corrected chi connectivity index (χ4v) is 7.02. The highest BCUT2D eigenvalue weighted by atomic mass is 32.1. The number of nitrogens with one attached hydrogen (secondary N) is 2. The van der Waals surface area contributed by atoms with Crippen LogP contribution in [0.3, 0.4) is 0 Å². The number of aromatic nitrogens is 3. The molecule has 2 aromatic carbocycles. The number of likely N-dealkylation sites (tertiary alicyclic amines) is 1. The number of thiazole rings is 1. The zero-order valence-corrected chi connectivity index (χ0v) is 26.2. The molecule has 4 heterocycles. The standard InChI is InChI=1S/C32H40N6O6S/c1-22-8-11-34-38(22)20-28(41)37-15-17-44-32(21-37)9-12-36(13-10-32)14-16-43-24-4-2-23(3-5-24)18-33-19-27(40)25-6-7-26(39)29-30(25)45-31(42)35-29/h2-8,11,27,33,39-40H,9-10,12-21H2,1H3,(H,35,42). The molecule has 240 valence electrons. The Balaban J connectivity index is 0.901. The largest absolute Gasteiger partial charge is 0.506 e. The van der Waals surface area contributed by atoms with Gasteiger partial charge in [-0.3, -0.25) is 19.2 Å². The minimum absolute atomic E-state index is 0.00775. The van der Waals surface area contributed by atoms with Crippen molar-refractivity contribution >= 4 is 27.5 Å². The Morgan fingerprint density at radius 3 is 2.73 bits per heavy atom. The Hall–Kier alpha value is -3.75. The summed E-state index contributed by atoms with van der Waals surface area (Å²) in [6.07, 6.45) is 2.67. The van der Waals surface area contributed by atoms with Crippen LogP contribution in [0, 0.1) is 6.92 Å². The van der Waals surface area contributed by atoms with Crippen molar-refractivity contribution in [3.05, 3.63) is 75.1 Å². The molecule has 2 aromatic heterocycles. The molecule has 2 aliphatic heterocycles. The van der Waals surface area contributed by atoms with Gasteiger partial charge in [-0.15, -0.1) is 0 Å². The Bertz CT molecular complexity index is 1660. The normalized spacial score (nSPS) is 17.6. The molecular formula is C32H40N6O6S. The van der Waals surface area contributed by atoms with Crippen LogP contribution < -0.4 is 14.9 Å². The van der Waals surface area contributed by atoms with Gasteiger partial charge < -0.3 is 34.9 Å². The van der Waals surface area contributed by atoms with Gasteiger partial charge in [-0.1, -0.05) is 29.5 Å². The van der Waals surface area contributed by atoms with Crippen LogP contribution in [0.4, 0.5) is 0 Å². The smallest absolute Gasteiger partial charge is 0.305 e. The molecular weight excluding hydrogens is 596 g/mol. The highest BCUT2D eigenvalue weighted by Gasteiger charge is 2.41. The SMILES string of the molecule is Cc1ccnn1CC(=O)N1CCOC2(CCN(CCOc3ccc(CNCC(O)c4ccc(O)c5[nH]c(=O)sc45)cc3)CC2)C1. The van der Waals surface area contributed by atoms with Gasteiger partial charge in [0.25, 0.3) is 0 Å². The molecule has 2 fully saturated rings. The summed E-state index contributed by atoms with van der Waals surface area (Å²) in [4.78, 5) is 31.4. The van der Waals surface area contributed by atoms with Crippen LogP contribution in [0.2, 0.25) is 0 Å². The lowest BCUT2D eigenvalue weighted by Crippen LogP contribution is -2.58. The highest BCUT2D eigenvalue weighted by Crippen LogP contribution is 2.32. The van der Waals surface area contributed by atoms with Crippen LogP contribution in [-0.2, 0) is 22.6 Å². The molecule has 1 spiro atoms. The Kier molecular flexibility index (Phi) is 9.52. The lowest BCUT2D eigenvalue weighted by molar-refractivity contribution is -0.160. The molecule has 1 amide bonds. The second-order valence-electron chi connectivity index (χ2n) is 11.9. The first-order valence-corrected chi connectivity index (χ1v) is 16.2. The van der Waals surface area contributed by atoms with Crippen molar-refractivity contribution < 1.29 is 24.5 Å². The molecule has 0 saturated carbocycles. The van der Waals surface area contributed by atoms with Crippen molar-refractivity contribution in [1.29, 1.82) is 0 Å². The number of carbonyl (C=O) groups excluding carboxylic acids is 1. The van der Waals surface area contributed by atoms with Crippen molar-refractivity contribution in [3.8, 4) is 11.5 Å². The van der Waals surface area contributed by atoms with E-state index >= 15 is 0 Å². The predicted octanol–water partition coefficient (Wildman–Crippen LogP) is 2.40. The molecule has 2 saturated heterocycles. The van der Waals surface area contributed by atoms with Crippen LogP contribution in [0.1, 0.15) is 35.8 Å². The molecule has 0 radical (unpaired) electrons. The highest BCUT2D eigenvalue weighted by molar-refractivity contribution is 7.16. The molecule has 6 rings (SSSR count). The van der Waals surface area contributed by atoms with Gasteiger partial charge >= 0.3 is 4.87 Å². The van der Waals surface area contributed by atoms with Crippen LogP contribution >= 0.6 is 11.3 Å². The van der Waals surface area contributed by atoms with E-state index in [0.29, 0.717) is 55.2 Å². The number of aliphatic hydroxyl groups is 1. The summed E-state index contributed by atoms with van der Waals surface area (Å²) in [5.41, 5.74) is 2.72. The fourth-order valence-electron chi connectivity index (χ4n) is 6.10. The Morgan fingerprint density at radius 2 is 1.98 bits per heavy atom. The topological polar surface area (TPSA) is 145 Å². The van der Waals surface area contributed by atoms with Crippen molar-refractivity contribution in [3.63, 3.8) is 0 Å². The number of H-pyrrole nitrogens is 1. The summed E-state index contributed by atoms with van der Waals surface area (Å²) in [6, 6.07) is 12.9. The molecule has 13 heteroatoms. The van der Waals surface area contributed by atoms with Crippen molar-refractivity contribution in [1.82, 2.24) is 29.9 Å². The number of phenolic OH excluding ortho intramolecular Hbond substituents is 1. The summed E-state index contributed by atoms with van der Waals surface area (Å²) in [7, 11) is 0. The Labute approximate surface area is 265 Å². The van der Waals surface area contributed by atoms with E-state index in [2.05, 4.69) is 20.3 Å². The van der Waals surface area contributed by atoms with E-state index in [0.717, 1.165) is 60.8 Å². The second-order valence-corrected chi connectivity index (χ2v) is 12.8. The third-order valence-electron chi connectivity index (χ3n) is 8.80. The summed E-state index contributed by atoms with van der Waals surface area (Å²) >= 11 is 0.978. The maximum atomic E-state index is 12.9. The molecule has 4 aromatic rings. The van der Waals surface area contributed by atoms with Gasteiger partial charge in [0, 0.05) is 63.3 Å². The number of aromatic hydroxyl groups is 1. The number of ether oxygens (including phenoxy) is 2. The van der Waals surface area contributed by atoms with E-state index in [4.69, 9.17) is 9.47 Å². The minimum Gasteiger partial charge on any atom is -0.506 e. The lowest BCUT2D eigenvalue weighted by Gasteiger charge is -2.47. The zero-order valence-electron chi connectivity index (χ0n) is 25.4. The summed E-state index contributed by atoms with van der Waals surface area (Å²) in [5, 5.41) is 28.2. The van der Waals surface area contributed by atoms with E-state index in [1.165, 1.54) is 6.07 Å². The van der Waals surface area contributed by atoms with Crippen molar-refractivity contribution in [2.75, 3.05) is 52.5 Å². The van der Waals surface area contributed by atoms with Crippen LogP contribution in [0.5, 0.6) is 11.5 Å². The molecule has 12 nitrogen and oxygen atoms in total. The second kappa shape index (κ2) is 13.7. The number of nitrogens with zero attached hydrogens (tertiary/aromatic N) is 4. The molecule has 0 aliphatic carbocycles. The van der Waals surface area contributed by atoms with E-state index in [1.54, 1.807) is 16.9 Å². The van der Waals surface area contributed by atoms with Crippen molar-refractivity contribution in [2.24, 2.45) is 0 Å². The van der Waals surface area contributed by atoms with Crippen LogP contribution in [0.25, 0.3) is 10.2 Å². The number of rotatable bonds is 11. The van der Waals surface area contributed by atoms with Crippen molar-refractivity contribution in [2.45, 2.75) is 44.6 Å². The maximum Gasteiger partial charge on any atom is 0.305 e. The van der Waals surface area contributed by atoms with E-state index in [-0.39, 0.29) is 28.7 Å². The van der Waals surface area contributed by atoms with Gasteiger partial charge in [0.2, 0.25) is 5.91 Å². The lowest BCUT2D eigenvalue weighted by atomic mass is 9.89. The fraction of sp³-hybridized carbons (Fsp3) is 0.469. The first-order chi connectivity index (χ1) is 21.8. The third-order valence-corrected chi connectivity index (χ3v) is 9.73. The van der Waals surface area contributed by atoms with E-state index in [9.17, 15) is 19.8 Å². The summed E-state index contributed by atoms with van der Waals surface area (Å²) in [6.45, 7) is 8.11. The average Bonchev–Trinajstić information content (AvgIpc) is 3.64. The molecule has 1 atom stereocenters. The number of hydrogen-bond acceptors (Lipinski definition) is 10. The van der Waals surface area contributed by atoms with Crippen LogP contribution in [0.15, 0.2) is 53.5 Å². The first kappa shape index (κ1) is 31.2. The summed E-state index contributed by atoms with van der Waals surface area (Å²) < 4.78 is 14.6. The molecule has 4 N–H and O–H groups in total. The van der Waals surface area contributed by atoms with Gasteiger partial charge in [0.05, 0.1) is 23.0 Å². The number of phenols is 1. The molecule has 45 heavy (non-hydrogen) atoms. The van der Waals surface area contributed by atoms with Gasteiger partial charge in [-0.05, 0) is 49.6 Å². The monoisotopic (exact) mass is 636 g/mol.